The molecular weight excluding hydrogens is 322 g/mol. The zero-order valence-electron chi connectivity index (χ0n) is 9.41. The Balaban J connectivity index is 2.29. The van der Waals surface area contributed by atoms with Crippen LogP contribution in [0.25, 0.3) is 0 Å². The van der Waals surface area contributed by atoms with Gasteiger partial charge in [0.2, 0.25) is 10.0 Å². The number of carboxylic acid groups (broad SMARTS) is 1. The van der Waals surface area contributed by atoms with Crippen LogP contribution >= 0.6 is 15.9 Å². The van der Waals surface area contributed by atoms with Crippen molar-refractivity contribution in [3.05, 3.63) is 28.7 Å². The third-order valence-corrected chi connectivity index (χ3v) is 5.83. The Morgan fingerprint density at radius 1 is 1.39 bits per heavy atom. The SMILES string of the molecule is O=C(O)[C@H]1CCN(S(=O)(=O)c2ccccc2Br)C1. The van der Waals surface area contributed by atoms with Crippen molar-refractivity contribution in [2.24, 2.45) is 5.92 Å². The number of nitrogens with zero attached hydrogens (tertiary/aromatic N) is 1. The zero-order chi connectivity index (χ0) is 13.3. The van der Waals surface area contributed by atoms with Crippen molar-refractivity contribution < 1.29 is 18.3 Å². The highest BCUT2D eigenvalue weighted by molar-refractivity contribution is 9.10. The lowest BCUT2D eigenvalue weighted by molar-refractivity contribution is -0.141. The van der Waals surface area contributed by atoms with Gasteiger partial charge in [0, 0.05) is 17.6 Å². The van der Waals surface area contributed by atoms with E-state index in [1.54, 1.807) is 18.2 Å². The average molecular weight is 334 g/mol. The molecule has 0 amide bonds. The van der Waals surface area contributed by atoms with Crippen LogP contribution in [0.4, 0.5) is 0 Å². The molecule has 1 atom stereocenters. The summed E-state index contributed by atoms with van der Waals surface area (Å²) in [6.45, 7) is 0.291. The van der Waals surface area contributed by atoms with E-state index in [-0.39, 0.29) is 18.0 Å². The predicted molar refractivity (Wildman–Crippen MR) is 68.6 cm³/mol. The molecule has 98 valence electrons. The van der Waals surface area contributed by atoms with Gasteiger partial charge in [-0.05, 0) is 34.5 Å². The fourth-order valence-corrected chi connectivity index (χ4v) is 4.40. The number of hydrogen-bond acceptors (Lipinski definition) is 3. The Kier molecular flexibility index (Phi) is 3.74. The summed E-state index contributed by atoms with van der Waals surface area (Å²) < 4.78 is 26.4. The molecule has 1 aliphatic rings. The van der Waals surface area contributed by atoms with Crippen molar-refractivity contribution >= 4 is 31.9 Å². The summed E-state index contributed by atoms with van der Waals surface area (Å²) in [6.07, 6.45) is 0.360. The maximum Gasteiger partial charge on any atom is 0.307 e. The van der Waals surface area contributed by atoms with Crippen molar-refractivity contribution in [1.29, 1.82) is 0 Å². The van der Waals surface area contributed by atoms with Crippen molar-refractivity contribution in [1.82, 2.24) is 4.31 Å². The van der Waals surface area contributed by atoms with Gasteiger partial charge in [0.25, 0.3) is 0 Å². The number of benzene rings is 1. The minimum absolute atomic E-state index is 0.0407. The molecule has 0 aliphatic carbocycles. The first-order valence-electron chi connectivity index (χ1n) is 5.40. The van der Waals surface area contributed by atoms with Crippen LogP contribution in [0.15, 0.2) is 33.6 Å². The molecule has 0 bridgehead atoms. The van der Waals surface area contributed by atoms with Crippen molar-refractivity contribution in [2.45, 2.75) is 11.3 Å². The van der Waals surface area contributed by atoms with Crippen LogP contribution in [0, 0.1) is 5.92 Å². The lowest BCUT2D eigenvalue weighted by Gasteiger charge is -2.16. The standard InChI is InChI=1S/C11H12BrNO4S/c12-9-3-1-2-4-10(9)18(16,17)13-6-5-8(7-13)11(14)15/h1-4,8H,5-7H2,(H,14,15)/t8-/m0/s1. The van der Waals surface area contributed by atoms with Crippen LogP contribution in [0.2, 0.25) is 0 Å². The van der Waals surface area contributed by atoms with E-state index in [0.29, 0.717) is 10.9 Å². The van der Waals surface area contributed by atoms with Gasteiger partial charge in [-0.3, -0.25) is 4.79 Å². The van der Waals surface area contributed by atoms with Crippen LogP contribution in [0.5, 0.6) is 0 Å². The topological polar surface area (TPSA) is 74.7 Å². The lowest BCUT2D eigenvalue weighted by Crippen LogP contribution is -2.30. The smallest absolute Gasteiger partial charge is 0.307 e. The molecule has 5 nitrogen and oxygen atoms in total. The van der Waals surface area contributed by atoms with Gasteiger partial charge in [-0.1, -0.05) is 12.1 Å². The molecule has 1 aromatic carbocycles. The molecule has 0 spiro atoms. The second-order valence-electron chi connectivity index (χ2n) is 4.12. The summed E-state index contributed by atoms with van der Waals surface area (Å²) in [6, 6.07) is 6.53. The van der Waals surface area contributed by atoms with E-state index in [0.717, 1.165) is 0 Å². The molecule has 0 saturated carbocycles. The minimum atomic E-state index is -3.61. The molecular formula is C11H12BrNO4S. The second kappa shape index (κ2) is 4.99. The van der Waals surface area contributed by atoms with E-state index in [9.17, 15) is 13.2 Å². The minimum Gasteiger partial charge on any atom is -0.481 e. The number of aliphatic carboxylic acids is 1. The van der Waals surface area contributed by atoms with Crippen molar-refractivity contribution in [3.8, 4) is 0 Å². The highest BCUT2D eigenvalue weighted by Gasteiger charge is 2.36. The number of hydrogen-bond donors (Lipinski definition) is 1. The van der Waals surface area contributed by atoms with Gasteiger partial charge in [-0.2, -0.15) is 4.31 Å². The summed E-state index contributed by atoms with van der Waals surface area (Å²) >= 11 is 3.20. The Morgan fingerprint density at radius 2 is 2.06 bits per heavy atom. The van der Waals surface area contributed by atoms with Gasteiger partial charge in [0.05, 0.1) is 10.8 Å². The molecule has 1 heterocycles. The molecule has 1 aromatic rings. The summed E-state index contributed by atoms with van der Waals surface area (Å²) in [5, 5.41) is 8.89. The number of halogens is 1. The van der Waals surface area contributed by atoms with E-state index in [1.165, 1.54) is 10.4 Å². The number of carboxylic acids is 1. The number of rotatable bonds is 3. The maximum absolute atomic E-state index is 12.3. The molecule has 1 N–H and O–H groups in total. The Labute approximate surface area is 114 Å². The lowest BCUT2D eigenvalue weighted by atomic mass is 10.1. The summed E-state index contributed by atoms with van der Waals surface area (Å²) in [4.78, 5) is 11.0. The third kappa shape index (κ3) is 2.43. The maximum atomic E-state index is 12.3. The Hall–Kier alpha value is -0.920. The summed E-state index contributed by atoms with van der Waals surface area (Å²) in [5.41, 5.74) is 0. The molecule has 1 saturated heterocycles. The highest BCUT2D eigenvalue weighted by atomic mass is 79.9. The molecule has 0 aromatic heterocycles. The van der Waals surface area contributed by atoms with E-state index < -0.39 is 21.9 Å². The van der Waals surface area contributed by atoms with Crippen molar-refractivity contribution in [3.63, 3.8) is 0 Å². The van der Waals surface area contributed by atoms with Gasteiger partial charge in [-0.25, -0.2) is 8.42 Å². The summed E-state index contributed by atoms with van der Waals surface area (Å²) in [5.74, 6) is -1.55. The first kappa shape index (κ1) is 13.5. The quantitative estimate of drug-likeness (QED) is 0.910. The average Bonchev–Trinajstić information content (AvgIpc) is 2.79. The fourth-order valence-electron chi connectivity index (χ4n) is 1.94. The van der Waals surface area contributed by atoms with Crippen molar-refractivity contribution in [2.75, 3.05) is 13.1 Å². The van der Waals surface area contributed by atoms with E-state index in [4.69, 9.17) is 5.11 Å². The molecule has 1 fully saturated rings. The first-order chi connectivity index (χ1) is 8.43. The number of carbonyl (C=O) groups is 1. The van der Waals surface area contributed by atoms with Gasteiger partial charge < -0.3 is 5.11 Å². The molecule has 2 rings (SSSR count). The van der Waals surface area contributed by atoms with Gasteiger partial charge in [-0.15, -0.1) is 0 Å². The highest BCUT2D eigenvalue weighted by Crippen LogP contribution is 2.28. The number of sulfonamides is 1. The van der Waals surface area contributed by atoms with E-state index >= 15 is 0 Å². The van der Waals surface area contributed by atoms with E-state index in [2.05, 4.69) is 15.9 Å². The van der Waals surface area contributed by atoms with Crippen LogP contribution < -0.4 is 0 Å². The summed E-state index contributed by atoms with van der Waals surface area (Å²) in [7, 11) is -3.61. The van der Waals surface area contributed by atoms with Crippen LogP contribution in [0.3, 0.4) is 0 Å². The molecule has 0 unspecified atom stereocenters. The Bertz CT molecular complexity index is 572. The first-order valence-corrected chi connectivity index (χ1v) is 7.63. The second-order valence-corrected chi connectivity index (χ2v) is 6.88. The van der Waals surface area contributed by atoms with Gasteiger partial charge >= 0.3 is 5.97 Å². The third-order valence-electron chi connectivity index (χ3n) is 2.95. The monoisotopic (exact) mass is 333 g/mol. The van der Waals surface area contributed by atoms with Crippen LogP contribution in [-0.2, 0) is 14.8 Å². The molecule has 0 radical (unpaired) electrons. The normalized spacial score (nSPS) is 21.1. The van der Waals surface area contributed by atoms with Crippen LogP contribution in [-0.4, -0.2) is 36.9 Å². The van der Waals surface area contributed by atoms with E-state index in [1.807, 2.05) is 0 Å². The Morgan fingerprint density at radius 3 is 2.61 bits per heavy atom. The molecule has 7 heteroatoms. The van der Waals surface area contributed by atoms with Crippen LogP contribution in [0.1, 0.15) is 6.42 Å². The van der Waals surface area contributed by atoms with Gasteiger partial charge in [0.1, 0.15) is 0 Å². The van der Waals surface area contributed by atoms with Gasteiger partial charge in [0.15, 0.2) is 0 Å². The predicted octanol–water partition coefficient (Wildman–Crippen LogP) is 1.54. The zero-order valence-corrected chi connectivity index (χ0v) is 11.8. The molecule has 1 aliphatic heterocycles. The largest absolute Gasteiger partial charge is 0.481 e. The fraction of sp³-hybridized carbons (Fsp3) is 0.364. The molecule has 18 heavy (non-hydrogen) atoms.